The first-order valence-electron chi connectivity index (χ1n) is 9.69. The third-order valence-corrected chi connectivity index (χ3v) is 7.13. The van der Waals surface area contributed by atoms with Gasteiger partial charge < -0.3 is 18.8 Å². The Morgan fingerprint density at radius 1 is 0.967 bits per heavy atom. The third-order valence-electron chi connectivity index (χ3n) is 5.16. The predicted octanol–water partition coefficient (Wildman–Crippen LogP) is 4.20. The largest absolute Gasteiger partial charge is 0.486 e. The highest BCUT2D eigenvalue weighted by Gasteiger charge is 2.33. The summed E-state index contributed by atoms with van der Waals surface area (Å²) in [5.74, 6) is 1.35. The summed E-state index contributed by atoms with van der Waals surface area (Å²) in [6, 6.07) is 11.6. The number of oxazole rings is 1. The molecule has 3 aromatic rings. The van der Waals surface area contributed by atoms with E-state index in [0.717, 1.165) is 12.8 Å². The summed E-state index contributed by atoms with van der Waals surface area (Å²) in [7, 11) is -3.97. The average molecular weight is 447 g/mol. The monoisotopic (exact) mass is 446 g/mol. The second-order valence-corrected chi connectivity index (χ2v) is 9.38. The van der Waals surface area contributed by atoms with Crippen LogP contribution in [0.2, 0.25) is 5.02 Å². The Balaban J connectivity index is 1.64. The van der Waals surface area contributed by atoms with Crippen molar-refractivity contribution in [3.05, 3.63) is 47.5 Å². The smallest absolute Gasteiger partial charge is 0.236 e. The first-order chi connectivity index (χ1) is 14.5. The average Bonchev–Trinajstić information content (AvgIpc) is 3.44. The number of rotatable bonds is 4. The number of benzene rings is 2. The Labute approximate surface area is 179 Å². The standard InChI is InChI=1S/C21H19ClN2O5S/c22-16-6-2-1-5-15(16)19-23-20(21(29-19)24-9-3-4-10-24)30(25,26)14-7-8-17-18(13-14)28-12-11-27-17/h1-2,5-8,13H,3-4,9-12H2. The molecule has 0 unspecified atom stereocenters. The molecule has 2 aliphatic rings. The second kappa shape index (κ2) is 7.52. The van der Waals surface area contributed by atoms with Crippen LogP contribution < -0.4 is 14.4 Å². The highest BCUT2D eigenvalue weighted by Crippen LogP contribution is 2.40. The molecule has 5 rings (SSSR count). The van der Waals surface area contributed by atoms with Gasteiger partial charge in [-0.05, 0) is 37.1 Å². The molecule has 0 amide bonds. The van der Waals surface area contributed by atoms with E-state index >= 15 is 0 Å². The molecular formula is C21H19ClN2O5S. The lowest BCUT2D eigenvalue weighted by Gasteiger charge is -2.19. The van der Waals surface area contributed by atoms with Crippen LogP contribution in [0.1, 0.15) is 12.8 Å². The van der Waals surface area contributed by atoms with Crippen LogP contribution in [0.15, 0.2) is 56.8 Å². The number of anilines is 1. The van der Waals surface area contributed by atoms with Crippen LogP contribution in [-0.4, -0.2) is 39.7 Å². The van der Waals surface area contributed by atoms with E-state index in [4.69, 9.17) is 25.5 Å². The lowest BCUT2D eigenvalue weighted by Crippen LogP contribution is -2.20. The van der Waals surface area contributed by atoms with Crippen LogP contribution in [0.3, 0.4) is 0 Å². The molecule has 0 bridgehead atoms. The lowest BCUT2D eigenvalue weighted by molar-refractivity contribution is 0.171. The molecule has 0 radical (unpaired) electrons. The molecule has 0 aliphatic carbocycles. The van der Waals surface area contributed by atoms with Gasteiger partial charge in [0.25, 0.3) is 0 Å². The molecule has 1 aromatic heterocycles. The summed E-state index contributed by atoms with van der Waals surface area (Å²) in [4.78, 5) is 6.38. The van der Waals surface area contributed by atoms with Crippen molar-refractivity contribution in [2.24, 2.45) is 0 Å². The maximum atomic E-state index is 13.5. The fraction of sp³-hybridized carbons (Fsp3) is 0.286. The van der Waals surface area contributed by atoms with Gasteiger partial charge in [0, 0.05) is 19.2 Å². The minimum Gasteiger partial charge on any atom is -0.486 e. The normalized spacial score (nSPS) is 16.1. The summed E-state index contributed by atoms with van der Waals surface area (Å²) in [6.07, 6.45) is 1.93. The van der Waals surface area contributed by atoms with E-state index in [-0.39, 0.29) is 21.7 Å². The Kier molecular flexibility index (Phi) is 4.83. The van der Waals surface area contributed by atoms with Gasteiger partial charge in [0.15, 0.2) is 11.5 Å². The van der Waals surface area contributed by atoms with Crippen molar-refractivity contribution < 1.29 is 22.3 Å². The Morgan fingerprint density at radius 2 is 1.70 bits per heavy atom. The van der Waals surface area contributed by atoms with Crippen LogP contribution in [0.25, 0.3) is 11.5 Å². The van der Waals surface area contributed by atoms with Gasteiger partial charge in [-0.1, -0.05) is 23.7 Å². The number of ether oxygens (including phenoxy) is 2. The highest BCUT2D eigenvalue weighted by atomic mass is 35.5. The number of nitrogens with zero attached hydrogens (tertiary/aromatic N) is 2. The van der Waals surface area contributed by atoms with Crippen LogP contribution in [-0.2, 0) is 9.84 Å². The van der Waals surface area contributed by atoms with Gasteiger partial charge in [-0.3, -0.25) is 0 Å². The van der Waals surface area contributed by atoms with Gasteiger partial charge in [-0.15, -0.1) is 0 Å². The van der Waals surface area contributed by atoms with Gasteiger partial charge in [-0.25, -0.2) is 8.42 Å². The minimum absolute atomic E-state index is 0.0752. The van der Waals surface area contributed by atoms with E-state index in [0.29, 0.717) is 48.4 Å². The molecule has 0 saturated carbocycles. The van der Waals surface area contributed by atoms with Crippen LogP contribution in [0.4, 0.5) is 5.88 Å². The quantitative estimate of drug-likeness (QED) is 0.594. The molecule has 1 fully saturated rings. The Hall–Kier alpha value is -2.71. The fourth-order valence-electron chi connectivity index (χ4n) is 3.65. The molecule has 0 N–H and O–H groups in total. The Bertz CT molecular complexity index is 1200. The van der Waals surface area contributed by atoms with Gasteiger partial charge in [-0.2, -0.15) is 4.98 Å². The van der Waals surface area contributed by atoms with Gasteiger partial charge >= 0.3 is 0 Å². The van der Waals surface area contributed by atoms with Crippen LogP contribution in [0.5, 0.6) is 11.5 Å². The number of fused-ring (bicyclic) bond motifs is 1. The highest BCUT2D eigenvalue weighted by molar-refractivity contribution is 7.91. The third kappa shape index (κ3) is 3.30. The van der Waals surface area contributed by atoms with Crippen LogP contribution >= 0.6 is 11.6 Å². The van der Waals surface area contributed by atoms with Crippen molar-refractivity contribution in [2.45, 2.75) is 22.8 Å². The number of aromatic nitrogens is 1. The van der Waals surface area contributed by atoms with Crippen LogP contribution in [0, 0.1) is 0 Å². The number of hydrogen-bond donors (Lipinski definition) is 0. The molecular weight excluding hydrogens is 428 g/mol. The van der Waals surface area contributed by atoms with Crippen molar-refractivity contribution in [1.82, 2.24) is 4.98 Å². The molecule has 1 saturated heterocycles. The zero-order valence-electron chi connectivity index (χ0n) is 16.0. The molecule has 7 nitrogen and oxygen atoms in total. The molecule has 0 spiro atoms. The Morgan fingerprint density at radius 3 is 2.47 bits per heavy atom. The van der Waals surface area contributed by atoms with Gasteiger partial charge in [0.2, 0.25) is 26.6 Å². The minimum atomic E-state index is -3.97. The van der Waals surface area contributed by atoms with E-state index < -0.39 is 9.84 Å². The number of hydrogen-bond acceptors (Lipinski definition) is 7. The molecule has 9 heteroatoms. The summed E-state index contributed by atoms with van der Waals surface area (Å²) in [5, 5.41) is 0.325. The zero-order valence-corrected chi connectivity index (χ0v) is 17.6. The molecule has 2 aliphatic heterocycles. The predicted molar refractivity (Wildman–Crippen MR) is 111 cm³/mol. The van der Waals surface area contributed by atoms with Crippen molar-refractivity contribution in [3.63, 3.8) is 0 Å². The van der Waals surface area contributed by atoms with E-state index in [1.54, 1.807) is 30.3 Å². The van der Waals surface area contributed by atoms with E-state index in [9.17, 15) is 8.42 Å². The van der Waals surface area contributed by atoms with E-state index in [1.807, 2.05) is 4.90 Å². The summed E-state index contributed by atoms with van der Waals surface area (Å²) >= 11 is 6.30. The van der Waals surface area contributed by atoms with Gasteiger partial charge in [0.1, 0.15) is 13.2 Å². The molecule has 30 heavy (non-hydrogen) atoms. The summed E-state index contributed by atoms with van der Waals surface area (Å²) < 4.78 is 44.1. The van der Waals surface area contributed by atoms with E-state index in [1.165, 1.54) is 12.1 Å². The maximum absolute atomic E-state index is 13.5. The van der Waals surface area contributed by atoms with Crippen molar-refractivity contribution in [2.75, 3.05) is 31.2 Å². The number of sulfone groups is 1. The van der Waals surface area contributed by atoms with E-state index in [2.05, 4.69) is 4.98 Å². The van der Waals surface area contributed by atoms with Crippen molar-refractivity contribution >= 4 is 27.3 Å². The maximum Gasteiger partial charge on any atom is 0.236 e. The zero-order chi connectivity index (χ0) is 20.7. The SMILES string of the molecule is O=S(=O)(c1ccc2c(c1)OCCO2)c1nc(-c2ccccc2Cl)oc1N1CCCC1. The molecule has 3 heterocycles. The van der Waals surface area contributed by atoms with Gasteiger partial charge in [0.05, 0.1) is 15.5 Å². The molecule has 156 valence electrons. The first kappa shape index (κ1) is 19.3. The van der Waals surface area contributed by atoms with Crippen molar-refractivity contribution in [3.8, 4) is 23.0 Å². The summed E-state index contributed by atoms with van der Waals surface area (Å²) in [6.45, 7) is 2.22. The van der Waals surface area contributed by atoms with Crippen molar-refractivity contribution in [1.29, 1.82) is 0 Å². The first-order valence-corrected chi connectivity index (χ1v) is 11.6. The lowest BCUT2D eigenvalue weighted by atomic mass is 10.2. The topological polar surface area (TPSA) is 81.9 Å². The molecule has 2 aromatic carbocycles. The number of halogens is 1. The molecule has 0 atom stereocenters. The second-order valence-electron chi connectivity index (χ2n) is 7.11. The summed E-state index contributed by atoms with van der Waals surface area (Å²) in [5.41, 5.74) is 0.545. The fourth-order valence-corrected chi connectivity index (χ4v) is 5.20.